The van der Waals surface area contributed by atoms with Crippen molar-refractivity contribution in [3.8, 4) is 0 Å². The van der Waals surface area contributed by atoms with E-state index in [-0.39, 0.29) is 18.4 Å². The molecule has 1 aromatic carbocycles. The lowest BCUT2D eigenvalue weighted by molar-refractivity contribution is -0.136. The van der Waals surface area contributed by atoms with Crippen LogP contribution < -0.4 is 5.32 Å². The first-order valence-electron chi connectivity index (χ1n) is 8.04. The predicted molar refractivity (Wildman–Crippen MR) is 92.0 cm³/mol. The van der Waals surface area contributed by atoms with Crippen molar-refractivity contribution in [2.24, 2.45) is 5.92 Å². The monoisotopic (exact) mass is 334 g/mol. The Bertz CT molecular complexity index is 569. The normalized spacial score (nSPS) is 16.3. The average Bonchev–Trinajstić information content (AvgIpc) is 3.05. The van der Waals surface area contributed by atoms with Crippen LogP contribution in [0.1, 0.15) is 31.7 Å². The van der Waals surface area contributed by atoms with E-state index in [1.165, 1.54) is 0 Å². The van der Waals surface area contributed by atoms with Crippen LogP contribution in [0.5, 0.6) is 0 Å². The van der Waals surface area contributed by atoms with E-state index in [1.807, 2.05) is 19.1 Å². The molecule has 5 heteroatoms. The maximum absolute atomic E-state index is 12.3. The molecule has 1 aliphatic carbocycles. The van der Waals surface area contributed by atoms with Crippen molar-refractivity contribution in [3.63, 3.8) is 0 Å². The van der Waals surface area contributed by atoms with Gasteiger partial charge in [0.05, 0.1) is 6.54 Å². The molecule has 1 aromatic rings. The van der Waals surface area contributed by atoms with Gasteiger partial charge in [0.15, 0.2) is 0 Å². The topological polar surface area (TPSA) is 49.4 Å². The summed E-state index contributed by atoms with van der Waals surface area (Å²) in [6.45, 7) is 2.99. The molecule has 0 bridgehead atoms. The van der Waals surface area contributed by atoms with Gasteiger partial charge in [0.1, 0.15) is 0 Å². The van der Waals surface area contributed by atoms with Gasteiger partial charge in [0.25, 0.3) is 0 Å². The van der Waals surface area contributed by atoms with Crippen LogP contribution in [-0.2, 0) is 16.1 Å². The summed E-state index contributed by atoms with van der Waals surface area (Å²) in [7, 11) is 0. The van der Waals surface area contributed by atoms with Crippen LogP contribution in [0.4, 0.5) is 0 Å². The second kappa shape index (κ2) is 8.73. The Kier molecular flexibility index (Phi) is 6.66. The molecule has 124 valence electrons. The van der Waals surface area contributed by atoms with Crippen LogP contribution in [0.2, 0.25) is 5.02 Å². The van der Waals surface area contributed by atoms with E-state index in [4.69, 9.17) is 11.6 Å². The number of hydrogen-bond acceptors (Lipinski definition) is 2. The van der Waals surface area contributed by atoms with E-state index in [0.29, 0.717) is 30.5 Å². The summed E-state index contributed by atoms with van der Waals surface area (Å²) in [6.07, 6.45) is 6.80. The summed E-state index contributed by atoms with van der Waals surface area (Å²) in [5.74, 6) is 0.233. The summed E-state index contributed by atoms with van der Waals surface area (Å²) < 4.78 is 0. The fourth-order valence-corrected chi connectivity index (χ4v) is 2.75. The fraction of sp³-hybridized carbons (Fsp3) is 0.444. The molecule has 0 aliphatic heterocycles. The van der Waals surface area contributed by atoms with Crippen LogP contribution in [-0.4, -0.2) is 29.8 Å². The predicted octanol–water partition coefficient (Wildman–Crippen LogP) is 3.16. The summed E-state index contributed by atoms with van der Waals surface area (Å²) in [5.41, 5.74) is 0.980. The van der Waals surface area contributed by atoms with Crippen LogP contribution in [0.15, 0.2) is 36.4 Å². The maximum atomic E-state index is 12.3. The number of halogens is 1. The van der Waals surface area contributed by atoms with Crippen molar-refractivity contribution in [2.45, 2.75) is 32.7 Å². The molecular formula is C18H23ClN2O2. The number of allylic oxidation sites excluding steroid dienone is 2. The highest BCUT2D eigenvalue weighted by Gasteiger charge is 2.20. The molecule has 1 unspecified atom stereocenters. The Morgan fingerprint density at radius 2 is 2.04 bits per heavy atom. The average molecular weight is 335 g/mol. The van der Waals surface area contributed by atoms with Crippen LogP contribution in [0, 0.1) is 5.92 Å². The molecule has 1 atom stereocenters. The fourth-order valence-electron chi connectivity index (χ4n) is 2.63. The number of hydrogen-bond donors (Lipinski definition) is 1. The number of amides is 2. The third-order valence-electron chi connectivity index (χ3n) is 4.02. The number of nitrogens with zero attached hydrogens (tertiary/aromatic N) is 1. The van der Waals surface area contributed by atoms with E-state index >= 15 is 0 Å². The molecule has 0 spiro atoms. The van der Waals surface area contributed by atoms with Crippen molar-refractivity contribution in [2.75, 3.05) is 13.1 Å². The number of likely N-dealkylation sites (N-methyl/N-ethyl adjacent to an activating group) is 1. The molecule has 1 N–H and O–H groups in total. The summed E-state index contributed by atoms with van der Waals surface area (Å²) >= 11 is 5.83. The zero-order valence-electron chi connectivity index (χ0n) is 13.4. The summed E-state index contributed by atoms with van der Waals surface area (Å²) in [6, 6.07) is 7.33. The molecule has 0 saturated heterocycles. The third kappa shape index (κ3) is 5.71. The van der Waals surface area contributed by atoms with E-state index in [9.17, 15) is 9.59 Å². The van der Waals surface area contributed by atoms with Gasteiger partial charge in [-0.15, -0.1) is 0 Å². The number of rotatable bonds is 7. The van der Waals surface area contributed by atoms with Gasteiger partial charge in [-0.25, -0.2) is 0 Å². The minimum atomic E-state index is -0.142. The van der Waals surface area contributed by atoms with Gasteiger partial charge < -0.3 is 10.2 Å². The van der Waals surface area contributed by atoms with Crippen LogP contribution in [0.25, 0.3) is 0 Å². The lowest BCUT2D eigenvalue weighted by Crippen LogP contribution is -2.40. The van der Waals surface area contributed by atoms with E-state index in [0.717, 1.165) is 18.4 Å². The molecule has 2 amide bonds. The van der Waals surface area contributed by atoms with Gasteiger partial charge in [0.2, 0.25) is 11.8 Å². The molecule has 0 aromatic heterocycles. The first kappa shape index (κ1) is 17.5. The van der Waals surface area contributed by atoms with Crippen molar-refractivity contribution in [1.29, 1.82) is 0 Å². The number of carbonyl (C=O) groups excluding carboxylic acids is 2. The van der Waals surface area contributed by atoms with E-state index in [2.05, 4.69) is 17.5 Å². The quantitative estimate of drug-likeness (QED) is 0.779. The minimum absolute atomic E-state index is 0.0469. The zero-order chi connectivity index (χ0) is 16.7. The Morgan fingerprint density at radius 1 is 1.30 bits per heavy atom. The lowest BCUT2D eigenvalue weighted by atomic mass is 10.0. The van der Waals surface area contributed by atoms with E-state index < -0.39 is 0 Å². The molecule has 0 heterocycles. The minimum Gasteiger partial charge on any atom is -0.350 e. The molecule has 0 fully saturated rings. The highest BCUT2D eigenvalue weighted by atomic mass is 35.5. The largest absolute Gasteiger partial charge is 0.350 e. The summed E-state index contributed by atoms with van der Waals surface area (Å²) in [4.78, 5) is 25.9. The number of carbonyl (C=O) groups is 2. The van der Waals surface area contributed by atoms with Crippen molar-refractivity contribution >= 4 is 23.4 Å². The third-order valence-corrected chi connectivity index (χ3v) is 4.27. The molecular weight excluding hydrogens is 312 g/mol. The maximum Gasteiger partial charge on any atom is 0.239 e. The first-order valence-corrected chi connectivity index (χ1v) is 8.42. The van der Waals surface area contributed by atoms with Crippen LogP contribution >= 0.6 is 11.6 Å². The SMILES string of the molecule is CCN(CC(=O)NCc1ccc(Cl)cc1)C(=O)CC1C=CCC1. The van der Waals surface area contributed by atoms with Gasteiger partial charge in [-0.3, -0.25) is 9.59 Å². The molecule has 4 nitrogen and oxygen atoms in total. The van der Waals surface area contributed by atoms with Gasteiger partial charge in [0, 0.05) is 24.5 Å². The Hall–Kier alpha value is -1.81. The second-order valence-corrected chi connectivity index (χ2v) is 6.22. The Morgan fingerprint density at radius 3 is 2.65 bits per heavy atom. The summed E-state index contributed by atoms with van der Waals surface area (Å²) in [5, 5.41) is 3.51. The molecule has 0 saturated carbocycles. The van der Waals surface area contributed by atoms with Gasteiger partial charge in [-0.2, -0.15) is 0 Å². The van der Waals surface area contributed by atoms with E-state index in [1.54, 1.807) is 17.0 Å². The number of benzene rings is 1. The standard InChI is InChI=1S/C18H23ClN2O2/c1-2-21(18(23)11-14-5-3-4-6-14)13-17(22)20-12-15-7-9-16(19)10-8-15/h3,5,7-10,14H,2,4,6,11-13H2,1H3,(H,20,22). The van der Waals surface area contributed by atoms with Crippen molar-refractivity contribution < 1.29 is 9.59 Å². The molecule has 2 rings (SSSR count). The van der Waals surface area contributed by atoms with Crippen molar-refractivity contribution in [1.82, 2.24) is 10.2 Å². The Balaban J connectivity index is 1.78. The zero-order valence-corrected chi connectivity index (χ0v) is 14.2. The molecule has 1 aliphatic rings. The van der Waals surface area contributed by atoms with Gasteiger partial charge >= 0.3 is 0 Å². The number of nitrogens with one attached hydrogen (secondary N) is 1. The van der Waals surface area contributed by atoms with Gasteiger partial charge in [-0.1, -0.05) is 35.9 Å². The first-order chi connectivity index (χ1) is 11.1. The lowest BCUT2D eigenvalue weighted by Gasteiger charge is -2.21. The van der Waals surface area contributed by atoms with Crippen LogP contribution in [0.3, 0.4) is 0 Å². The Labute approximate surface area is 142 Å². The van der Waals surface area contributed by atoms with Gasteiger partial charge in [-0.05, 0) is 43.4 Å². The highest BCUT2D eigenvalue weighted by Crippen LogP contribution is 2.21. The molecule has 23 heavy (non-hydrogen) atoms. The highest BCUT2D eigenvalue weighted by molar-refractivity contribution is 6.30. The second-order valence-electron chi connectivity index (χ2n) is 5.78. The smallest absolute Gasteiger partial charge is 0.239 e. The van der Waals surface area contributed by atoms with Crippen molar-refractivity contribution in [3.05, 3.63) is 47.0 Å². The molecule has 0 radical (unpaired) electrons.